The summed E-state index contributed by atoms with van der Waals surface area (Å²) in [5, 5.41) is 2.96. The molecule has 0 fully saturated rings. The second-order valence-corrected chi connectivity index (χ2v) is 6.73. The third-order valence-electron chi connectivity index (χ3n) is 4.55. The Kier molecular flexibility index (Phi) is 9.78. The van der Waals surface area contributed by atoms with E-state index >= 15 is 0 Å². The number of benzene rings is 1. The van der Waals surface area contributed by atoms with Crippen molar-refractivity contribution < 1.29 is 19.1 Å². The van der Waals surface area contributed by atoms with Gasteiger partial charge in [0.1, 0.15) is 5.75 Å². The first-order chi connectivity index (χ1) is 12.4. The van der Waals surface area contributed by atoms with Gasteiger partial charge in [0, 0.05) is 13.0 Å². The summed E-state index contributed by atoms with van der Waals surface area (Å²) < 4.78 is 10.6. The fraction of sp³-hybridized carbons (Fsp3) is 0.619. The zero-order valence-corrected chi connectivity index (χ0v) is 16.6. The fourth-order valence-electron chi connectivity index (χ4n) is 2.61. The predicted molar refractivity (Wildman–Crippen MR) is 103 cm³/mol. The van der Waals surface area contributed by atoms with E-state index in [1.165, 1.54) is 20.0 Å². The number of hydrogen-bond acceptors (Lipinski definition) is 4. The van der Waals surface area contributed by atoms with Gasteiger partial charge in [0.25, 0.3) is 0 Å². The topological polar surface area (TPSA) is 64.6 Å². The first-order valence-electron chi connectivity index (χ1n) is 9.58. The summed E-state index contributed by atoms with van der Waals surface area (Å²) in [7, 11) is 1.36. The average molecular weight is 363 g/mol. The molecule has 0 bridgehead atoms. The molecule has 0 aliphatic rings. The Morgan fingerprint density at radius 3 is 2.35 bits per heavy atom. The number of hydrogen-bond donors (Lipinski definition) is 1. The fourth-order valence-corrected chi connectivity index (χ4v) is 2.61. The van der Waals surface area contributed by atoms with E-state index in [0.29, 0.717) is 25.1 Å². The van der Waals surface area contributed by atoms with Crippen LogP contribution in [0, 0.1) is 0 Å². The molecular formula is C21H33NO4. The van der Waals surface area contributed by atoms with Gasteiger partial charge < -0.3 is 14.8 Å². The summed E-state index contributed by atoms with van der Waals surface area (Å²) in [6, 6.07) is 7.60. The van der Waals surface area contributed by atoms with E-state index in [1.807, 2.05) is 31.2 Å². The summed E-state index contributed by atoms with van der Waals surface area (Å²) in [6.45, 7) is 6.40. The summed E-state index contributed by atoms with van der Waals surface area (Å²) in [5.74, 6) is 0.368. The number of carbonyl (C=O) groups excluding carboxylic acids is 2. The van der Waals surface area contributed by atoms with Crippen LogP contribution in [0.4, 0.5) is 0 Å². The molecule has 0 unspecified atom stereocenters. The molecule has 0 radical (unpaired) electrons. The van der Waals surface area contributed by atoms with Gasteiger partial charge in [-0.15, -0.1) is 0 Å². The molecule has 0 saturated carbocycles. The lowest BCUT2D eigenvalue weighted by molar-refractivity contribution is -0.157. The van der Waals surface area contributed by atoms with Crippen molar-refractivity contribution >= 4 is 11.9 Å². The van der Waals surface area contributed by atoms with Crippen molar-refractivity contribution in [3.8, 4) is 5.75 Å². The SMILES string of the molecule is CCCCCCC(=O)NCCc1ccc(O[C@@](C)(CC)C(=O)OC)cc1. The Morgan fingerprint density at radius 1 is 1.08 bits per heavy atom. The molecule has 5 heteroatoms. The minimum atomic E-state index is -0.984. The van der Waals surface area contributed by atoms with Gasteiger partial charge in [-0.1, -0.05) is 45.2 Å². The number of ether oxygens (including phenoxy) is 2. The predicted octanol–water partition coefficient (Wildman–Crippen LogP) is 4.04. The van der Waals surface area contributed by atoms with Crippen LogP contribution in [-0.2, 0) is 20.7 Å². The van der Waals surface area contributed by atoms with E-state index in [2.05, 4.69) is 12.2 Å². The van der Waals surface area contributed by atoms with Crippen molar-refractivity contribution in [2.45, 2.75) is 71.3 Å². The molecule has 1 rings (SSSR count). The van der Waals surface area contributed by atoms with Crippen molar-refractivity contribution in [3.05, 3.63) is 29.8 Å². The van der Waals surface area contributed by atoms with Crippen LogP contribution in [0.15, 0.2) is 24.3 Å². The molecule has 1 N–H and O–H groups in total. The molecule has 0 aliphatic carbocycles. The van der Waals surface area contributed by atoms with E-state index in [-0.39, 0.29) is 11.9 Å². The quantitative estimate of drug-likeness (QED) is 0.450. The van der Waals surface area contributed by atoms with Crippen molar-refractivity contribution in [2.75, 3.05) is 13.7 Å². The molecule has 146 valence electrons. The van der Waals surface area contributed by atoms with Gasteiger partial charge in [-0.25, -0.2) is 4.79 Å². The molecular weight excluding hydrogens is 330 g/mol. The van der Waals surface area contributed by atoms with Crippen molar-refractivity contribution in [1.29, 1.82) is 0 Å². The Morgan fingerprint density at radius 2 is 1.77 bits per heavy atom. The van der Waals surface area contributed by atoms with Crippen LogP contribution in [0.3, 0.4) is 0 Å². The molecule has 5 nitrogen and oxygen atoms in total. The van der Waals surface area contributed by atoms with Gasteiger partial charge in [-0.2, -0.15) is 0 Å². The third-order valence-corrected chi connectivity index (χ3v) is 4.55. The minimum Gasteiger partial charge on any atom is -0.476 e. The number of amides is 1. The largest absolute Gasteiger partial charge is 0.476 e. The van der Waals surface area contributed by atoms with Gasteiger partial charge in [-0.3, -0.25) is 4.79 Å². The smallest absolute Gasteiger partial charge is 0.349 e. The second kappa shape index (κ2) is 11.6. The molecule has 0 aromatic heterocycles. The summed E-state index contributed by atoms with van der Waals surface area (Å²) >= 11 is 0. The van der Waals surface area contributed by atoms with Crippen molar-refractivity contribution in [1.82, 2.24) is 5.32 Å². The maximum Gasteiger partial charge on any atom is 0.349 e. The highest BCUT2D eigenvalue weighted by atomic mass is 16.6. The van der Waals surface area contributed by atoms with Crippen LogP contribution in [-0.4, -0.2) is 31.1 Å². The van der Waals surface area contributed by atoms with Gasteiger partial charge >= 0.3 is 5.97 Å². The van der Waals surface area contributed by atoms with Gasteiger partial charge in [-0.05, 0) is 43.9 Å². The van der Waals surface area contributed by atoms with Gasteiger partial charge in [0.15, 0.2) is 0 Å². The lowest BCUT2D eigenvalue weighted by atomic mass is 10.0. The van der Waals surface area contributed by atoms with Crippen LogP contribution >= 0.6 is 0 Å². The number of carbonyl (C=O) groups is 2. The summed E-state index contributed by atoms with van der Waals surface area (Å²) in [4.78, 5) is 23.6. The number of nitrogens with one attached hydrogen (secondary N) is 1. The molecule has 26 heavy (non-hydrogen) atoms. The van der Waals surface area contributed by atoms with Crippen molar-refractivity contribution in [2.24, 2.45) is 0 Å². The maximum absolute atomic E-state index is 11.9. The highest BCUT2D eigenvalue weighted by Crippen LogP contribution is 2.23. The standard InChI is InChI=1S/C21H33NO4/c1-5-7-8-9-10-19(23)22-16-15-17-11-13-18(14-12-17)26-21(3,6-2)20(24)25-4/h11-14H,5-10,15-16H2,1-4H3,(H,22,23)/t21-/m0/s1. The zero-order valence-electron chi connectivity index (χ0n) is 16.6. The number of esters is 1. The van der Waals surface area contributed by atoms with E-state index in [9.17, 15) is 9.59 Å². The van der Waals surface area contributed by atoms with Crippen LogP contribution in [0.5, 0.6) is 5.75 Å². The van der Waals surface area contributed by atoms with E-state index in [0.717, 1.165) is 24.8 Å². The third kappa shape index (κ3) is 7.46. The Labute approximate surface area is 157 Å². The number of methoxy groups -OCH3 is 1. The van der Waals surface area contributed by atoms with Crippen LogP contribution < -0.4 is 10.1 Å². The normalized spacial score (nSPS) is 12.9. The van der Waals surface area contributed by atoms with Gasteiger partial charge in [0.05, 0.1) is 7.11 Å². The van der Waals surface area contributed by atoms with Crippen molar-refractivity contribution in [3.63, 3.8) is 0 Å². The number of unbranched alkanes of at least 4 members (excludes halogenated alkanes) is 3. The highest BCUT2D eigenvalue weighted by Gasteiger charge is 2.34. The lowest BCUT2D eigenvalue weighted by Gasteiger charge is -2.26. The first kappa shape index (κ1) is 22.0. The average Bonchev–Trinajstić information content (AvgIpc) is 2.65. The minimum absolute atomic E-state index is 0.123. The highest BCUT2D eigenvalue weighted by molar-refractivity contribution is 5.79. The van der Waals surface area contributed by atoms with Crippen LogP contribution in [0.2, 0.25) is 0 Å². The molecule has 0 heterocycles. The zero-order chi connectivity index (χ0) is 19.4. The Hall–Kier alpha value is -2.04. The Balaban J connectivity index is 2.41. The molecule has 0 aliphatic heterocycles. The number of rotatable bonds is 12. The molecule has 1 amide bonds. The van der Waals surface area contributed by atoms with E-state index in [4.69, 9.17) is 9.47 Å². The molecule has 0 saturated heterocycles. The molecule has 1 aromatic carbocycles. The molecule has 1 atom stereocenters. The molecule has 1 aromatic rings. The monoisotopic (exact) mass is 363 g/mol. The summed E-state index contributed by atoms with van der Waals surface area (Å²) in [5.41, 5.74) is 0.127. The van der Waals surface area contributed by atoms with E-state index < -0.39 is 5.60 Å². The Bertz CT molecular complexity index is 556. The van der Waals surface area contributed by atoms with Gasteiger partial charge in [0.2, 0.25) is 11.5 Å². The second-order valence-electron chi connectivity index (χ2n) is 6.73. The van der Waals surface area contributed by atoms with Crippen LogP contribution in [0.25, 0.3) is 0 Å². The van der Waals surface area contributed by atoms with Crippen LogP contribution in [0.1, 0.15) is 64.9 Å². The van der Waals surface area contributed by atoms with E-state index in [1.54, 1.807) is 6.92 Å². The maximum atomic E-state index is 11.9. The summed E-state index contributed by atoms with van der Waals surface area (Å²) in [6.07, 6.45) is 6.34. The lowest BCUT2D eigenvalue weighted by Crippen LogP contribution is -2.41. The first-order valence-corrected chi connectivity index (χ1v) is 9.58. The molecule has 0 spiro atoms.